The Bertz CT molecular complexity index is 760. The van der Waals surface area contributed by atoms with Gasteiger partial charge in [0.1, 0.15) is 0 Å². The first kappa shape index (κ1) is 16.5. The van der Waals surface area contributed by atoms with Gasteiger partial charge in [-0.15, -0.1) is 0 Å². The van der Waals surface area contributed by atoms with Crippen LogP contribution in [0.2, 0.25) is 0 Å². The molecule has 0 unspecified atom stereocenters. The van der Waals surface area contributed by atoms with Gasteiger partial charge in [0.05, 0.1) is 22.8 Å². The number of nitrogens with one attached hydrogen (secondary N) is 1. The van der Waals surface area contributed by atoms with Gasteiger partial charge in [0, 0.05) is 0 Å². The lowest BCUT2D eigenvalue weighted by Crippen LogP contribution is -2.22. The van der Waals surface area contributed by atoms with E-state index in [1.165, 1.54) is 0 Å². The molecule has 0 saturated heterocycles. The SMILES string of the molecule is CC(C)=NOC(=O)n1c(NC(=O)OC(C)C)nc2ccccc21. The van der Waals surface area contributed by atoms with Crippen molar-refractivity contribution in [1.82, 2.24) is 9.55 Å². The molecule has 1 N–H and O–H groups in total. The van der Waals surface area contributed by atoms with Crippen LogP contribution in [0.1, 0.15) is 27.7 Å². The monoisotopic (exact) mass is 318 g/mol. The largest absolute Gasteiger partial charge is 0.447 e. The smallest absolute Gasteiger partial charge is 0.447 e. The van der Waals surface area contributed by atoms with Crippen molar-refractivity contribution in [1.29, 1.82) is 0 Å². The number of rotatable bonds is 3. The summed E-state index contributed by atoms with van der Waals surface area (Å²) in [4.78, 5) is 33.1. The molecule has 2 rings (SSSR count). The number of oxime groups is 1. The van der Waals surface area contributed by atoms with Crippen molar-refractivity contribution in [2.45, 2.75) is 33.8 Å². The molecule has 8 nitrogen and oxygen atoms in total. The van der Waals surface area contributed by atoms with Crippen LogP contribution in [-0.2, 0) is 9.57 Å². The van der Waals surface area contributed by atoms with E-state index in [9.17, 15) is 9.59 Å². The van der Waals surface area contributed by atoms with E-state index in [4.69, 9.17) is 9.57 Å². The van der Waals surface area contributed by atoms with Gasteiger partial charge in [-0.1, -0.05) is 17.3 Å². The second-order valence-electron chi connectivity index (χ2n) is 5.23. The topological polar surface area (TPSA) is 94.8 Å². The zero-order chi connectivity index (χ0) is 17.0. The van der Waals surface area contributed by atoms with Gasteiger partial charge in [-0.25, -0.2) is 19.1 Å². The standard InChI is InChI=1S/C15H18N4O4/c1-9(2)18-23-15(21)19-12-8-6-5-7-11(12)16-13(19)17-14(20)22-10(3)4/h5-8,10H,1-4H3,(H,16,17,20). The van der Waals surface area contributed by atoms with E-state index < -0.39 is 12.2 Å². The Morgan fingerprint density at radius 2 is 1.96 bits per heavy atom. The highest BCUT2D eigenvalue weighted by Gasteiger charge is 2.20. The van der Waals surface area contributed by atoms with Crippen LogP contribution in [0, 0.1) is 0 Å². The highest BCUT2D eigenvalue weighted by Crippen LogP contribution is 2.20. The number of anilines is 1. The molecule has 0 saturated carbocycles. The number of hydrogen-bond donors (Lipinski definition) is 1. The first-order chi connectivity index (χ1) is 10.9. The fourth-order valence-corrected chi connectivity index (χ4v) is 1.80. The summed E-state index contributed by atoms with van der Waals surface area (Å²) in [5.41, 5.74) is 1.60. The van der Waals surface area contributed by atoms with Crippen LogP contribution in [0.25, 0.3) is 11.0 Å². The number of carbonyl (C=O) groups excluding carboxylic acids is 2. The summed E-state index contributed by atoms with van der Waals surface area (Å²) in [6.07, 6.45) is -1.79. The third-order valence-electron chi connectivity index (χ3n) is 2.61. The van der Waals surface area contributed by atoms with E-state index in [1.54, 1.807) is 52.0 Å². The predicted octanol–water partition coefficient (Wildman–Crippen LogP) is 3.37. The lowest BCUT2D eigenvalue weighted by atomic mass is 10.3. The summed E-state index contributed by atoms with van der Waals surface area (Å²) >= 11 is 0. The van der Waals surface area contributed by atoms with Gasteiger partial charge in [-0.3, -0.25) is 10.2 Å². The van der Waals surface area contributed by atoms with E-state index in [1.807, 2.05) is 0 Å². The highest BCUT2D eigenvalue weighted by atomic mass is 16.7. The molecule has 1 aromatic carbocycles. The molecule has 0 spiro atoms. The Morgan fingerprint density at radius 1 is 1.26 bits per heavy atom. The summed E-state index contributed by atoms with van der Waals surface area (Å²) in [6.45, 7) is 6.82. The average molecular weight is 318 g/mol. The van der Waals surface area contributed by atoms with E-state index in [-0.39, 0.29) is 12.1 Å². The molecule has 0 atom stereocenters. The van der Waals surface area contributed by atoms with Crippen molar-refractivity contribution in [3.8, 4) is 0 Å². The second-order valence-corrected chi connectivity index (χ2v) is 5.23. The van der Waals surface area contributed by atoms with Gasteiger partial charge in [-0.2, -0.15) is 0 Å². The van der Waals surface area contributed by atoms with Crippen LogP contribution in [0.5, 0.6) is 0 Å². The van der Waals surface area contributed by atoms with Crippen molar-refractivity contribution in [3.05, 3.63) is 24.3 Å². The Balaban J connectivity index is 2.39. The molecule has 0 bridgehead atoms. The number of ether oxygens (including phenoxy) is 1. The zero-order valence-corrected chi connectivity index (χ0v) is 13.4. The van der Waals surface area contributed by atoms with Crippen LogP contribution >= 0.6 is 0 Å². The molecule has 23 heavy (non-hydrogen) atoms. The van der Waals surface area contributed by atoms with Crippen LogP contribution in [-0.4, -0.2) is 33.6 Å². The van der Waals surface area contributed by atoms with Crippen molar-refractivity contribution >= 4 is 34.9 Å². The maximum Gasteiger partial charge on any atom is 0.447 e. The Kier molecular flexibility index (Phi) is 4.95. The molecular formula is C15H18N4O4. The molecule has 0 aliphatic heterocycles. The number of nitrogens with zero attached hydrogens (tertiary/aromatic N) is 3. The molecule has 8 heteroatoms. The van der Waals surface area contributed by atoms with E-state index >= 15 is 0 Å². The average Bonchev–Trinajstić information content (AvgIpc) is 2.81. The highest BCUT2D eigenvalue weighted by molar-refractivity contribution is 5.94. The Morgan fingerprint density at radius 3 is 2.61 bits per heavy atom. The van der Waals surface area contributed by atoms with Gasteiger partial charge in [-0.05, 0) is 39.8 Å². The zero-order valence-electron chi connectivity index (χ0n) is 13.4. The third kappa shape index (κ3) is 4.06. The summed E-state index contributed by atoms with van der Waals surface area (Å²) in [6, 6.07) is 6.92. The maximum atomic E-state index is 12.3. The molecule has 0 aliphatic rings. The van der Waals surface area contributed by atoms with E-state index in [0.717, 1.165) is 4.57 Å². The molecule has 1 heterocycles. The lowest BCUT2D eigenvalue weighted by Gasteiger charge is -2.09. The molecule has 2 aromatic rings. The fourth-order valence-electron chi connectivity index (χ4n) is 1.80. The minimum Gasteiger partial charge on any atom is -0.447 e. The number of benzene rings is 1. The fraction of sp³-hybridized carbons (Fsp3) is 0.333. The number of amides is 1. The van der Waals surface area contributed by atoms with Gasteiger partial charge < -0.3 is 4.74 Å². The molecule has 0 radical (unpaired) electrons. The number of aromatic nitrogens is 2. The summed E-state index contributed by atoms with van der Waals surface area (Å²) in [5, 5.41) is 6.07. The van der Waals surface area contributed by atoms with E-state index in [0.29, 0.717) is 16.7 Å². The van der Waals surface area contributed by atoms with Crippen LogP contribution < -0.4 is 5.32 Å². The molecule has 0 fully saturated rings. The van der Waals surface area contributed by atoms with Crippen LogP contribution in [0.4, 0.5) is 15.5 Å². The lowest BCUT2D eigenvalue weighted by molar-refractivity contribution is 0.129. The van der Waals surface area contributed by atoms with E-state index in [2.05, 4.69) is 15.5 Å². The molecular weight excluding hydrogens is 300 g/mol. The first-order valence-corrected chi connectivity index (χ1v) is 7.06. The van der Waals surface area contributed by atoms with Crippen LogP contribution in [0.3, 0.4) is 0 Å². The van der Waals surface area contributed by atoms with Crippen molar-refractivity contribution in [3.63, 3.8) is 0 Å². The maximum absolute atomic E-state index is 12.3. The van der Waals surface area contributed by atoms with Gasteiger partial charge in [0.15, 0.2) is 0 Å². The van der Waals surface area contributed by atoms with Gasteiger partial charge in [0.2, 0.25) is 5.95 Å². The summed E-state index contributed by atoms with van der Waals surface area (Å²) in [5.74, 6) is 0.00538. The normalized spacial score (nSPS) is 10.5. The predicted molar refractivity (Wildman–Crippen MR) is 85.6 cm³/mol. The Hall–Kier alpha value is -2.90. The molecule has 1 amide bonds. The number of carbonyl (C=O) groups is 2. The van der Waals surface area contributed by atoms with Crippen molar-refractivity contribution < 1.29 is 19.2 Å². The number of imidazole rings is 1. The minimum atomic E-state index is -0.778. The molecule has 122 valence electrons. The molecule has 1 aromatic heterocycles. The number of para-hydroxylation sites is 2. The Labute approximate surface area is 133 Å². The van der Waals surface area contributed by atoms with Gasteiger partial charge in [0.25, 0.3) is 0 Å². The van der Waals surface area contributed by atoms with Crippen molar-refractivity contribution in [2.24, 2.45) is 5.16 Å². The molecule has 0 aliphatic carbocycles. The summed E-state index contributed by atoms with van der Waals surface area (Å²) in [7, 11) is 0. The van der Waals surface area contributed by atoms with Crippen LogP contribution in [0.15, 0.2) is 29.4 Å². The quantitative estimate of drug-likeness (QED) is 0.532. The minimum absolute atomic E-state index is 0.00538. The second kappa shape index (κ2) is 6.91. The first-order valence-electron chi connectivity index (χ1n) is 7.06. The number of fused-ring (bicyclic) bond motifs is 1. The van der Waals surface area contributed by atoms with Gasteiger partial charge >= 0.3 is 12.2 Å². The van der Waals surface area contributed by atoms with Crippen molar-refractivity contribution in [2.75, 3.05) is 5.32 Å². The number of hydrogen-bond acceptors (Lipinski definition) is 6. The third-order valence-corrected chi connectivity index (χ3v) is 2.61. The summed E-state index contributed by atoms with van der Waals surface area (Å²) < 4.78 is 6.13.